The fraction of sp³-hybridized carbons (Fsp3) is 0.438. The van der Waals surface area contributed by atoms with Crippen molar-refractivity contribution in [1.82, 2.24) is 4.98 Å². The van der Waals surface area contributed by atoms with Gasteiger partial charge in [-0.25, -0.2) is 0 Å². The number of benzene rings is 1. The van der Waals surface area contributed by atoms with E-state index in [1.807, 2.05) is 0 Å². The Morgan fingerprint density at radius 2 is 2.11 bits per heavy atom. The third kappa shape index (κ3) is 2.45. The fourth-order valence-corrected chi connectivity index (χ4v) is 3.48. The standard InChI is InChI=1S/C16H19IN2/c1-2-10-18-15-11-6-3-4-9-14(11)19-16-12(15)7-5-8-13(16)17/h5,7-8H,2-4,6,9-10H2,1H3,(H,18,19). The van der Waals surface area contributed by atoms with Gasteiger partial charge in [-0.1, -0.05) is 19.1 Å². The monoisotopic (exact) mass is 366 g/mol. The normalized spacial score (nSPS) is 14.4. The number of fused-ring (bicyclic) bond motifs is 2. The number of aromatic nitrogens is 1. The van der Waals surface area contributed by atoms with Crippen molar-refractivity contribution in [2.24, 2.45) is 0 Å². The second-order valence-corrected chi connectivity index (χ2v) is 6.34. The highest BCUT2D eigenvalue weighted by molar-refractivity contribution is 14.1. The summed E-state index contributed by atoms with van der Waals surface area (Å²) in [6.07, 6.45) is 6.04. The maximum absolute atomic E-state index is 4.94. The van der Waals surface area contributed by atoms with E-state index in [0.29, 0.717) is 0 Å². The van der Waals surface area contributed by atoms with Crippen LogP contribution in [0.2, 0.25) is 0 Å². The van der Waals surface area contributed by atoms with Crippen molar-refractivity contribution >= 4 is 39.2 Å². The first-order valence-electron chi connectivity index (χ1n) is 7.15. The molecule has 100 valence electrons. The van der Waals surface area contributed by atoms with Gasteiger partial charge >= 0.3 is 0 Å². The molecular formula is C16H19IN2. The largest absolute Gasteiger partial charge is 0.384 e. The van der Waals surface area contributed by atoms with E-state index in [1.165, 1.54) is 50.7 Å². The molecule has 3 heteroatoms. The number of rotatable bonds is 3. The minimum Gasteiger partial charge on any atom is -0.384 e. The molecule has 0 saturated carbocycles. The third-order valence-corrected chi connectivity index (χ3v) is 4.67. The summed E-state index contributed by atoms with van der Waals surface area (Å²) in [5.41, 5.74) is 5.30. The van der Waals surface area contributed by atoms with Crippen LogP contribution in [-0.2, 0) is 12.8 Å². The smallest absolute Gasteiger partial charge is 0.0859 e. The van der Waals surface area contributed by atoms with Gasteiger partial charge in [0.1, 0.15) is 0 Å². The van der Waals surface area contributed by atoms with Crippen molar-refractivity contribution in [3.05, 3.63) is 33.0 Å². The zero-order valence-electron chi connectivity index (χ0n) is 11.3. The molecule has 2 nitrogen and oxygen atoms in total. The first kappa shape index (κ1) is 13.2. The van der Waals surface area contributed by atoms with Crippen LogP contribution < -0.4 is 5.32 Å². The van der Waals surface area contributed by atoms with Crippen LogP contribution in [0, 0.1) is 3.57 Å². The number of hydrogen-bond donors (Lipinski definition) is 1. The summed E-state index contributed by atoms with van der Waals surface area (Å²) < 4.78 is 1.25. The van der Waals surface area contributed by atoms with Crippen LogP contribution in [0.15, 0.2) is 18.2 Å². The average Bonchev–Trinajstić information content (AvgIpc) is 2.44. The maximum atomic E-state index is 4.94. The highest BCUT2D eigenvalue weighted by atomic mass is 127. The van der Waals surface area contributed by atoms with Gasteiger partial charge in [-0.3, -0.25) is 4.98 Å². The van der Waals surface area contributed by atoms with Crippen molar-refractivity contribution in [2.45, 2.75) is 39.0 Å². The van der Waals surface area contributed by atoms with E-state index in [-0.39, 0.29) is 0 Å². The minimum absolute atomic E-state index is 1.04. The Morgan fingerprint density at radius 3 is 2.95 bits per heavy atom. The Balaban J connectivity index is 2.24. The van der Waals surface area contributed by atoms with E-state index in [9.17, 15) is 0 Å². The molecule has 1 aromatic heterocycles. The molecule has 0 spiro atoms. The van der Waals surface area contributed by atoms with Crippen LogP contribution >= 0.6 is 22.6 Å². The molecule has 3 rings (SSSR count). The summed E-state index contributed by atoms with van der Waals surface area (Å²) in [6, 6.07) is 6.49. The van der Waals surface area contributed by atoms with Gasteiger partial charge in [-0.2, -0.15) is 0 Å². The number of nitrogens with zero attached hydrogens (tertiary/aromatic N) is 1. The van der Waals surface area contributed by atoms with E-state index in [4.69, 9.17) is 4.98 Å². The molecule has 1 aliphatic carbocycles. The zero-order chi connectivity index (χ0) is 13.2. The van der Waals surface area contributed by atoms with Crippen LogP contribution in [0.1, 0.15) is 37.4 Å². The van der Waals surface area contributed by atoms with Crippen molar-refractivity contribution in [2.75, 3.05) is 11.9 Å². The van der Waals surface area contributed by atoms with Gasteiger partial charge in [-0.05, 0) is 66.3 Å². The third-order valence-electron chi connectivity index (χ3n) is 3.80. The molecule has 1 N–H and O–H groups in total. The molecular weight excluding hydrogens is 347 g/mol. The number of aryl methyl sites for hydroxylation is 1. The summed E-state index contributed by atoms with van der Waals surface area (Å²) >= 11 is 2.40. The van der Waals surface area contributed by atoms with Crippen LogP contribution in [0.4, 0.5) is 5.69 Å². The lowest BCUT2D eigenvalue weighted by atomic mass is 9.92. The Kier molecular flexibility index (Phi) is 3.91. The van der Waals surface area contributed by atoms with Crippen molar-refractivity contribution < 1.29 is 0 Å². The summed E-state index contributed by atoms with van der Waals surface area (Å²) in [5, 5.41) is 4.94. The lowest BCUT2D eigenvalue weighted by Gasteiger charge is -2.22. The molecule has 0 amide bonds. The van der Waals surface area contributed by atoms with Gasteiger partial charge in [0, 0.05) is 26.9 Å². The lowest BCUT2D eigenvalue weighted by Crippen LogP contribution is -2.12. The molecule has 1 aromatic carbocycles. The van der Waals surface area contributed by atoms with E-state index in [1.54, 1.807) is 0 Å². The molecule has 1 heterocycles. The molecule has 0 radical (unpaired) electrons. The van der Waals surface area contributed by atoms with Gasteiger partial charge in [-0.15, -0.1) is 0 Å². The molecule has 0 saturated heterocycles. The van der Waals surface area contributed by atoms with E-state index in [0.717, 1.165) is 19.4 Å². The number of halogens is 1. The van der Waals surface area contributed by atoms with Crippen LogP contribution in [0.25, 0.3) is 10.9 Å². The highest BCUT2D eigenvalue weighted by Crippen LogP contribution is 2.34. The fourth-order valence-electron chi connectivity index (χ4n) is 2.86. The van der Waals surface area contributed by atoms with Crippen LogP contribution in [-0.4, -0.2) is 11.5 Å². The molecule has 0 fully saturated rings. The number of anilines is 1. The van der Waals surface area contributed by atoms with Gasteiger partial charge < -0.3 is 5.32 Å². The second-order valence-electron chi connectivity index (χ2n) is 5.18. The van der Waals surface area contributed by atoms with Crippen LogP contribution in [0.3, 0.4) is 0 Å². The van der Waals surface area contributed by atoms with E-state index < -0.39 is 0 Å². The quantitative estimate of drug-likeness (QED) is 0.807. The summed E-state index contributed by atoms with van der Waals surface area (Å²) in [4.78, 5) is 4.94. The average molecular weight is 366 g/mol. The van der Waals surface area contributed by atoms with E-state index >= 15 is 0 Å². The summed E-state index contributed by atoms with van der Waals surface area (Å²) in [7, 11) is 0. The number of nitrogens with one attached hydrogen (secondary N) is 1. The molecule has 19 heavy (non-hydrogen) atoms. The summed E-state index contributed by atoms with van der Waals surface area (Å²) in [6.45, 7) is 3.25. The molecule has 2 aromatic rings. The highest BCUT2D eigenvalue weighted by Gasteiger charge is 2.18. The Bertz CT molecular complexity index is 607. The van der Waals surface area contributed by atoms with Gasteiger partial charge in [0.25, 0.3) is 0 Å². The Labute approximate surface area is 128 Å². The number of para-hydroxylation sites is 1. The molecule has 0 aliphatic heterocycles. The number of hydrogen-bond acceptors (Lipinski definition) is 2. The van der Waals surface area contributed by atoms with Gasteiger partial charge in [0.15, 0.2) is 0 Å². The maximum Gasteiger partial charge on any atom is 0.0859 e. The minimum atomic E-state index is 1.04. The molecule has 1 aliphatic rings. The van der Waals surface area contributed by atoms with Crippen molar-refractivity contribution in [1.29, 1.82) is 0 Å². The second kappa shape index (κ2) is 5.65. The zero-order valence-corrected chi connectivity index (χ0v) is 13.5. The van der Waals surface area contributed by atoms with Gasteiger partial charge in [0.05, 0.1) is 5.52 Å². The van der Waals surface area contributed by atoms with Gasteiger partial charge in [0.2, 0.25) is 0 Å². The Hall–Kier alpha value is -0.840. The van der Waals surface area contributed by atoms with Crippen molar-refractivity contribution in [3.63, 3.8) is 0 Å². The predicted octanol–water partition coefficient (Wildman–Crippen LogP) is 4.54. The first-order chi connectivity index (χ1) is 9.31. The molecule has 0 atom stereocenters. The lowest BCUT2D eigenvalue weighted by molar-refractivity contribution is 0.672. The van der Waals surface area contributed by atoms with E-state index in [2.05, 4.69) is 53.0 Å². The van der Waals surface area contributed by atoms with Crippen molar-refractivity contribution in [3.8, 4) is 0 Å². The van der Waals surface area contributed by atoms with Crippen LogP contribution in [0.5, 0.6) is 0 Å². The molecule has 0 bridgehead atoms. The molecule has 0 unspecified atom stereocenters. The Morgan fingerprint density at radius 1 is 1.26 bits per heavy atom. The number of pyridine rings is 1. The first-order valence-corrected chi connectivity index (χ1v) is 8.23. The topological polar surface area (TPSA) is 24.9 Å². The SMILES string of the molecule is CCCNc1c2c(nc3c(I)cccc13)CCCC2. The predicted molar refractivity (Wildman–Crippen MR) is 89.9 cm³/mol. The summed E-state index contributed by atoms with van der Waals surface area (Å²) in [5.74, 6) is 0.